The first-order valence-electron chi connectivity index (χ1n) is 5.99. The van der Waals surface area contributed by atoms with Crippen molar-refractivity contribution < 1.29 is 13.6 Å². The Balaban J connectivity index is 1.85. The maximum Gasteiger partial charge on any atom is 0.698 e. The summed E-state index contributed by atoms with van der Waals surface area (Å²) in [6.45, 7) is -0.101. The van der Waals surface area contributed by atoms with E-state index in [2.05, 4.69) is 9.97 Å². The van der Waals surface area contributed by atoms with Crippen LogP contribution in [-0.2, 0) is 26.8 Å². The van der Waals surface area contributed by atoms with Crippen molar-refractivity contribution in [1.82, 2.24) is 9.97 Å². The van der Waals surface area contributed by atoms with Gasteiger partial charge in [-0.2, -0.15) is 0 Å². The number of aromatic nitrogens is 2. The third kappa shape index (κ3) is 5.36. The molecule has 2 aromatic rings. The molecule has 0 amide bonds. The Morgan fingerprint density at radius 2 is 1.32 bits per heavy atom. The van der Waals surface area contributed by atoms with Gasteiger partial charge in [-0.25, -0.2) is 9.97 Å². The zero-order valence-electron chi connectivity index (χ0n) is 11.2. The molecule has 0 saturated heterocycles. The van der Waals surface area contributed by atoms with Gasteiger partial charge in [0, 0.05) is 14.6 Å². The summed E-state index contributed by atoms with van der Waals surface area (Å²) in [4.78, 5) is 7.97. The summed E-state index contributed by atoms with van der Waals surface area (Å²) in [5.41, 5.74) is 12.0. The highest BCUT2D eigenvalue weighted by Crippen LogP contribution is 2.28. The van der Waals surface area contributed by atoms with E-state index in [0.717, 1.165) is 0 Å². The number of hydrogen-bond donors (Lipinski definition) is 2. The normalized spacial score (nSPS) is 10.6. The summed E-state index contributed by atoms with van der Waals surface area (Å²) < 4.78 is 21.7. The van der Waals surface area contributed by atoms with Crippen molar-refractivity contribution in [3.8, 4) is 0 Å². The predicted molar refractivity (Wildman–Crippen MR) is 84.5 cm³/mol. The first-order valence-corrected chi connectivity index (χ1v) is 7.84. The number of nitrogens with zero attached hydrogens (tertiary/aromatic N) is 2. The quantitative estimate of drug-likeness (QED) is 0.758. The maximum atomic E-state index is 11.6. The molecule has 22 heavy (non-hydrogen) atoms. The Kier molecular flexibility index (Phi) is 5.88. The van der Waals surface area contributed by atoms with Crippen molar-refractivity contribution in [2.24, 2.45) is 0 Å². The second-order valence-corrected chi connectivity index (χ2v) is 6.01. The molecule has 0 atom stereocenters. The van der Waals surface area contributed by atoms with E-state index in [0.29, 0.717) is 21.4 Å². The molecule has 2 aromatic heterocycles. The van der Waals surface area contributed by atoms with Crippen LogP contribution in [0.5, 0.6) is 0 Å². The van der Waals surface area contributed by atoms with Crippen molar-refractivity contribution in [1.29, 1.82) is 0 Å². The number of halogens is 2. The van der Waals surface area contributed by atoms with Crippen LogP contribution in [0.2, 0.25) is 10.0 Å². The standard InChI is InChI=1S/C12H12Cl2N4O3P/c13-7-1-9(17-11(15)3-7)5-20-22(19)21-6-10-2-8(14)4-12(16)18-10/h1-4H,5-6H2,(H2,15,17)(H2,16,18)/q+1. The molecule has 0 aliphatic carbocycles. The lowest BCUT2D eigenvalue weighted by atomic mass is 10.3. The lowest BCUT2D eigenvalue weighted by Crippen LogP contribution is -1.98. The summed E-state index contributed by atoms with van der Waals surface area (Å²) in [6, 6.07) is 6.11. The van der Waals surface area contributed by atoms with E-state index in [1.807, 2.05) is 0 Å². The van der Waals surface area contributed by atoms with E-state index in [4.69, 9.17) is 43.7 Å². The Bertz CT molecular complexity index is 604. The Morgan fingerprint density at radius 3 is 1.68 bits per heavy atom. The number of anilines is 2. The van der Waals surface area contributed by atoms with Gasteiger partial charge in [0.15, 0.2) is 0 Å². The third-order valence-corrected chi connectivity index (χ3v) is 3.48. The van der Waals surface area contributed by atoms with Gasteiger partial charge in [0.1, 0.15) is 24.8 Å². The first kappa shape index (κ1) is 16.9. The van der Waals surface area contributed by atoms with Crippen LogP contribution in [0.1, 0.15) is 11.4 Å². The van der Waals surface area contributed by atoms with Crippen LogP contribution in [0.3, 0.4) is 0 Å². The molecule has 0 bridgehead atoms. The monoisotopic (exact) mass is 361 g/mol. The van der Waals surface area contributed by atoms with E-state index in [1.54, 1.807) is 12.1 Å². The molecule has 0 radical (unpaired) electrons. The van der Waals surface area contributed by atoms with Crippen molar-refractivity contribution in [2.75, 3.05) is 11.5 Å². The van der Waals surface area contributed by atoms with Crippen LogP contribution in [0.4, 0.5) is 11.6 Å². The second kappa shape index (κ2) is 7.67. The minimum Gasteiger partial charge on any atom is -0.384 e. The molecule has 0 aromatic carbocycles. The molecule has 4 N–H and O–H groups in total. The molecule has 0 spiro atoms. The molecule has 0 fully saturated rings. The molecule has 2 heterocycles. The van der Waals surface area contributed by atoms with E-state index in [-0.39, 0.29) is 24.8 Å². The van der Waals surface area contributed by atoms with Crippen LogP contribution >= 0.6 is 31.5 Å². The largest absolute Gasteiger partial charge is 0.698 e. The highest BCUT2D eigenvalue weighted by Gasteiger charge is 2.22. The summed E-state index contributed by atoms with van der Waals surface area (Å²) in [5.74, 6) is 0.502. The zero-order valence-corrected chi connectivity index (χ0v) is 13.6. The van der Waals surface area contributed by atoms with Gasteiger partial charge in [-0.3, -0.25) is 0 Å². The Hall–Kier alpha value is -1.50. The average Bonchev–Trinajstić information content (AvgIpc) is 2.41. The van der Waals surface area contributed by atoms with Gasteiger partial charge in [0.2, 0.25) is 0 Å². The van der Waals surface area contributed by atoms with Crippen LogP contribution < -0.4 is 11.5 Å². The fourth-order valence-electron chi connectivity index (χ4n) is 1.57. The van der Waals surface area contributed by atoms with Gasteiger partial charge in [-0.1, -0.05) is 23.2 Å². The number of nitrogens with two attached hydrogens (primary N) is 2. The lowest BCUT2D eigenvalue weighted by Gasteiger charge is -2.00. The van der Waals surface area contributed by atoms with Crippen LogP contribution in [0.15, 0.2) is 24.3 Å². The van der Waals surface area contributed by atoms with Crippen LogP contribution in [0, 0.1) is 0 Å². The van der Waals surface area contributed by atoms with E-state index in [1.165, 1.54) is 12.1 Å². The molecule has 10 heteroatoms. The van der Waals surface area contributed by atoms with Crippen molar-refractivity contribution in [3.05, 3.63) is 45.7 Å². The highest BCUT2D eigenvalue weighted by molar-refractivity contribution is 7.33. The first-order chi connectivity index (χ1) is 10.4. The predicted octanol–water partition coefficient (Wildman–Crippen LogP) is 3.34. The third-order valence-electron chi connectivity index (χ3n) is 2.36. The van der Waals surface area contributed by atoms with Gasteiger partial charge in [-0.15, -0.1) is 9.05 Å². The Morgan fingerprint density at radius 1 is 0.909 bits per heavy atom. The second-order valence-electron chi connectivity index (χ2n) is 4.17. The van der Waals surface area contributed by atoms with Gasteiger partial charge < -0.3 is 11.5 Å². The van der Waals surface area contributed by atoms with Gasteiger partial charge >= 0.3 is 8.25 Å². The molecule has 116 valence electrons. The summed E-state index contributed by atoms with van der Waals surface area (Å²) in [5, 5.41) is 0.835. The fourth-order valence-corrected chi connectivity index (χ4v) is 2.59. The van der Waals surface area contributed by atoms with Crippen molar-refractivity contribution in [2.45, 2.75) is 13.2 Å². The fraction of sp³-hybridized carbons (Fsp3) is 0.167. The molecular formula is C12H12Cl2N4O3P+. The number of rotatable bonds is 6. The molecular weight excluding hydrogens is 350 g/mol. The topological polar surface area (TPSA) is 113 Å². The smallest absolute Gasteiger partial charge is 0.384 e. The molecule has 2 rings (SSSR count). The molecule has 7 nitrogen and oxygen atoms in total. The average molecular weight is 362 g/mol. The van der Waals surface area contributed by atoms with Crippen LogP contribution in [0.25, 0.3) is 0 Å². The van der Waals surface area contributed by atoms with Crippen molar-refractivity contribution >= 4 is 43.1 Å². The molecule has 0 aliphatic heterocycles. The van der Waals surface area contributed by atoms with Gasteiger partial charge in [0.05, 0.1) is 11.4 Å². The number of pyridine rings is 2. The number of hydrogen-bond acceptors (Lipinski definition) is 7. The van der Waals surface area contributed by atoms with E-state index < -0.39 is 8.25 Å². The highest BCUT2D eigenvalue weighted by atomic mass is 35.5. The zero-order chi connectivity index (χ0) is 16.1. The molecule has 0 saturated carbocycles. The van der Waals surface area contributed by atoms with Crippen LogP contribution in [-0.4, -0.2) is 9.97 Å². The maximum absolute atomic E-state index is 11.6. The van der Waals surface area contributed by atoms with Gasteiger partial charge in [0.25, 0.3) is 0 Å². The molecule has 0 aliphatic rings. The minimum atomic E-state index is -2.36. The summed E-state index contributed by atoms with van der Waals surface area (Å²) in [7, 11) is -2.36. The minimum absolute atomic E-state index is 0.0505. The van der Waals surface area contributed by atoms with Crippen molar-refractivity contribution in [3.63, 3.8) is 0 Å². The summed E-state index contributed by atoms with van der Waals surface area (Å²) in [6.07, 6.45) is 0. The number of nitrogen functional groups attached to an aromatic ring is 2. The summed E-state index contributed by atoms with van der Waals surface area (Å²) >= 11 is 11.6. The Labute approximate surface area is 137 Å². The SMILES string of the molecule is Nc1cc(Cl)cc(CO[P+](=O)OCc2cc(Cl)cc(N)n2)n1. The van der Waals surface area contributed by atoms with E-state index in [9.17, 15) is 4.57 Å². The molecule has 0 unspecified atom stereocenters. The van der Waals surface area contributed by atoms with E-state index >= 15 is 0 Å². The lowest BCUT2D eigenvalue weighted by molar-refractivity contribution is 0.209. The van der Waals surface area contributed by atoms with Gasteiger partial charge in [-0.05, 0) is 24.3 Å².